The SMILES string of the molecule is CN(C)C(=O)CCCCC1=C[C@H]2C[C@@H](O)[C@H](/C=C/C(=O)C3CCCCC3)[C@H]2C1. The van der Waals surface area contributed by atoms with Gasteiger partial charge in [0.2, 0.25) is 5.91 Å². The van der Waals surface area contributed by atoms with E-state index in [2.05, 4.69) is 6.08 Å². The molecule has 0 bridgehead atoms. The smallest absolute Gasteiger partial charge is 0.222 e. The largest absolute Gasteiger partial charge is 0.392 e. The van der Waals surface area contributed by atoms with Crippen molar-refractivity contribution in [2.75, 3.05) is 14.1 Å². The number of hydrogen-bond acceptors (Lipinski definition) is 3. The van der Waals surface area contributed by atoms with E-state index in [4.69, 9.17) is 0 Å². The van der Waals surface area contributed by atoms with Gasteiger partial charge >= 0.3 is 0 Å². The second kappa shape index (κ2) is 9.87. The Morgan fingerprint density at radius 2 is 1.93 bits per heavy atom. The first-order chi connectivity index (χ1) is 13.5. The number of carbonyl (C=O) groups is 2. The second-order valence-corrected chi connectivity index (χ2v) is 9.33. The molecule has 0 aromatic carbocycles. The van der Waals surface area contributed by atoms with E-state index < -0.39 is 0 Å². The number of allylic oxidation sites excluding steroid dienone is 3. The van der Waals surface area contributed by atoms with Gasteiger partial charge in [-0.25, -0.2) is 0 Å². The van der Waals surface area contributed by atoms with Crippen LogP contribution in [0.4, 0.5) is 0 Å². The van der Waals surface area contributed by atoms with E-state index in [1.54, 1.807) is 25.1 Å². The van der Waals surface area contributed by atoms with E-state index in [0.717, 1.165) is 44.9 Å². The molecular formula is C24H37NO3. The van der Waals surface area contributed by atoms with Crippen LogP contribution in [-0.4, -0.2) is 41.9 Å². The lowest BCUT2D eigenvalue weighted by Crippen LogP contribution is -2.21. The zero-order valence-electron chi connectivity index (χ0n) is 17.6. The number of carbonyl (C=O) groups excluding carboxylic acids is 2. The average Bonchev–Trinajstić information content (AvgIpc) is 3.20. The van der Waals surface area contributed by atoms with Crippen LogP contribution in [0.2, 0.25) is 0 Å². The molecule has 0 heterocycles. The standard InChI is InChI=1S/C24H37NO3/c1-25(2)24(28)11-7-6-8-17-14-19-16-23(27)20(21(19)15-17)12-13-22(26)18-9-4-3-5-10-18/h12-14,18-21,23,27H,3-11,15-16H2,1-2H3/b13-12+/t19-,20+,21-,23+/m0/s1. The Morgan fingerprint density at radius 3 is 2.64 bits per heavy atom. The Morgan fingerprint density at radius 1 is 1.18 bits per heavy atom. The predicted molar refractivity (Wildman–Crippen MR) is 112 cm³/mol. The van der Waals surface area contributed by atoms with E-state index in [-0.39, 0.29) is 29.6 Å². The van der Waals surface area contributed by atoms with Crippen LogP contribution in [0, 0.1) is 23.7 Å². The van der Waals surface area contributed by atoms with Gasteiger partial charge in [0, 0.05) is 32.4 Å². The summed E-state index contributed by atoms with van der Waals surface area (Å²) in [5, 5.41) is 10.5. The lowest BCUT2D eigenvalue weighted by Gasteiger charge is -2.20. The molecule has 3 rings (SSSR count). The van der Waals surface area contributed by atoms with Crippen molar-refractivity contribution >= 4 is 11.7 Å². The van der Waals surface area contributed by atoms with Crippen molar-refractivity contribution in [2.45, 2.75) is 76.7 Å². The van der Waals surface area contributed by atoms with Crippen LogP contribution in [-0.2, 0) is 9.59 Å². The van der Waals surface area contributed by atoms with Gasteiger partial charge in [-0.1, -0.05) is 37.0 Å². The maximum atomic E-state index is 12.5. The number of unbranched alkanes of at least 4 members (excludes halogenated alkanes) is 1. The Hall–Kier alpha value is -1.42. The second-order valence-electron chi connectivity index (χ2n) is 9.33. The van der Waals surface area contributed by atoms with Gasteiger partial charge in [-0.2, -0.15) is 0 Å². The number of nitrogens with zero attached hydrogens (tertiary/aromatic N) is 1. The number of aliphatic hydroxyl groups excluding tert-OH is 1. The minimum absolute atomic E-state index is 0.113. The normalized spacial score (nSPS) is 30.5. The summed E-state index contributed by atoms with van der Waals surface area (Å²) in [6.07, 6.45) is 17.1. The molecule has 3 aliphatic rings. The molecule has 1 amide bonds. The van der Waals surface area contributed by atoms with Crippen molar-refractivity contribution in [1.82, 2.24) is 4.90 Å². The van der Waals surface area contributed by atoms with Gasteiger partial charge in [0.25, 0.3) is 0 Å². The molecule has 0 spiro atoms. The van der Waals surface area contributed by atoms with E-state index in [1.807, 2.05) is 6.08 Å². The Bertz CT molecular complexity index is 615. The molecule has 0 aromatic rings. The number of hydrogen-bond donors (Lipinski definition) is 1. The van der Waals surface area contributed by atoms with Crippen molar-refractivity contribution in [3.05, 3.63) is 23.8 Å². The fraction of sp³-hybridized carbons (Fsp3) is 0.750. The molecule has 4 atom stereocenters. The van der Waals surface area contributed by atoms with Crippen LogP contribution < -0.4 is 0 Å². The zero-order valence-corrected chi connectivity index (χ0v) is 17.6. The molecule has 0 aliphatic heterocycles. The predicted octanol–water partition coefficient (Wildman–Crippen LogP) is 4.28. The van der Waals surface area contributed by atoms with Crippen LogP contribution in [0.1, 0.15) is 70.6 Å². The summed E-state index contributed by atoms with van der Waals surface area (Å²) in [5.74, 6) is 1.69. The number of aliphatic hydroxyl groups is 1. The minimum atomic E-state index is -0.319. The van der Waals surface area contributed by atoms with Crippen molar-refractivity contribution in [2.24, 2.45) is 23.7 Å². The third-order valence-corrected chi connectivity index (χ3v) is 7.08. The topological polar surface area (TPSA) is 57.6 Å². The monoisotopic (exact) mass is 387 g/mol. The van der Waals surface area contributed by atoms with Crippen LogP contribution in [0.15, 0.2) is 23.8 Å². The molecule has 28 heavy (non-hydrogen) atoms. The maximum absolute atomic E-state index is 12.5. The number of amides is 1. The zero-order chi connectivity index (χ0) is 20.1. The number of ketones is 1. The van der Waals surface area contributed by atoms with E-state index in [9.17, 15) is 14.7 Å². The van der Waals surface area contributed by atoms with Crippen LogP contribution in [0.25, 0.3) is 0 Å². The fourth-order valence-electron chi connectivity index (χ4n) is 5.37. The van der Waals surface area contributed by atoms with Crippen LogP contribution in [0.5, 0.6) is 0 Å². The molecule has 0 aromatic heterocycles. The van der Waals surface area contributed by atoms with Crippen molar-refractivity contribution in [3.8, 4) is 0 Å². The lowest BCUT2D eigenvalue weighted by atomic mass is 9.84. The van der Waals surface area contributed by atoms with Crippen molar-refractivity contribution < 1.29 is 14.7 Å². The van der Waals surface area contributed by atoms with Gasteiger partial charge in [-0.3, -0.25) is 9.59 Å². The molecule has 0 saturated heterocycles. The number of fused-ring (bicyclic) bond motifs is 1. The summed E-state index contributed by atoms with van der Waals surface area (Å²) in [4.78, 5) is 25.8. The Balaban J connectivity index is 1.46. The third kappa shape index (κ3) is 5.34. The van der Waals surface area contributed by atoms with Crippen LogP contribution in [0.3, 0.4) is 0 Å². The highest BCUT2D eigenvalue weighted by molar-refractivity contribution is 5.91. The highest BCUT2D eigenvalue weighted by Gasteiger charge is 2.43. The van der Waals surface area contributed by atoms with Crippen LogP contribution >= 0.6 is 0 Å². The van der Waals surface area contributed by atoms with Gasteiger partial charge < -0.3 is 10.0 Å². The van der Waals surface area contributed by atoms with E-state index in [0.29, 0.717) is 18.3 Å². The Kier molecular flexibility index (Phi) is 7.50. The molecule has 0 unspecified atom stereocenters. The molecule has 3 aliphatic carbocycles. The van der Waals surface area contributed by atoms with Gasteiger partial charge in [0.05, 0.1) is 6.10 Å². The number of rotatable bonds is 8. The van der Waals surface area contributed by atoms with Gasteiger partial charge in [-0.05, 0) is 62.9 Å². The highest BCUT2D eigenvalue weighted by atomic mass is 16.3. The van der Waals surface area contributed by atoms with Gasteiger partial charge in [-0.15, -0.1) is 0 Å². The first-order valence-corrected chi connectivity index (χ1v) is 11.3. The first kappa shape index (κ1) is 21.3. The average molecular weight is 388 g/mol. The molecule has 2 fully saturated rings. The fourth-order valence-corrected chi connectivity index (χ4v) is 5.37. The summed E-state index contributed by atoms with van der Waals surface area (Å²) in [5.41, 5.74) is 1.48. The summed E-state index contributed by atoms with van der Waals surface area (Å²) in [6.45, 7) is 0. The maximum Gasteiger partial charge on any atom is 0.222 e. The van der Waals surface area contributed by atoms with Gasteiger partial charge in [0.15, 0.2) is 5.78 Å². The summed E-state index contributed by atoms with van der Waals surface area (Å²) < 4.78 is 0. The molecular weight excluding hydrogens is 350 g/mol. The molecule has 4 nitrogen and oxygen atoms in total. The third-order valence-electron chi connectivity index (χ3n) is 7.08. The molecule has 1 N–H and O–H groups in total. The first-order valence-electron chi connectivity index (χ1n) is 11.3. The Labute approximate surface area is 170 Å². The quantitative estimate of drug-likeness (QED) is 0.384. The molecule has 4 heteroatoms. The minimum Gasteiger partial charge on any atom is -0.392 e. The summed E-state index contributed by atoms with van der Waals surface area (Å²) in [6, 6.07) is 0. The van der Waals surface area contributed by atoms with E-state index in [1.165, 1.54) is 24.8 Å². The summed E-state index contributed by atoms with van der Waals surface area (Å²) >= 11 is 0. The molecule has 0 radical (unpaired) electrons. The molecule has 2 saturated carbocycles. The van der Waals surface area contributed by atoms with Gasteiger partial charge in [0.1, 0.15) is 0 Å². The highest BCUT2D eigenvalue weighted by Crippen LogP contribution is 2.48. The lowest BCUT2D eigenvalue weighted by molar-refractivity contribution is -0.128. The van der Waals surface area contributed by atoms with Crippen molar-refractivity contribution in [1.29, 1.82) is 0 Å². The van der Waals surface area contributed by atoms with Crippen molar-refractivity contribution in [3.63, 3.8) is 0 Å². The molecule has 156 valence electrons. The summed E-state index contributed by atoms with van der Waals surface area (Å²) in [7, 11) is 3.61. The van der Waals surface area contributed by atoms with E-state index >= 15 is 0 Å².